The van der Waals surface area contributed by atoms with Crippen molar-refractivity contribution in [1.29, 1.82) is 0 Å². The van der Waals surface area contributed by atoms with Crippen molar-refractivity contribution in [3.63, 3.8) is 0 Å². The second-order valence-corrected chi connectivity index (χ2v) is 6.64. The van der Waals surface area contributed by atoms with Gasteiger partial charge in [-0.15, -0.1) is 0 Å². The van der Waals surface area contributed by atoms with E-state index in [4.69, 9.17) is 4.74 Å². The summed E-state index contributed by atoms with van der Waals surface area (Å²) in [6.07, 6.45) is 6.20. The highest BCUT2D eigenvalue weighted by Crippen LogP contribution is 2.33. The van der Waals surface area contributed by atoms with E-state index in [0.717, 1.165) is 37.3 Å². The van der Waals surface area contributed by atoms with Gasteiger partial charge in [0.05, 0.1) is 18.5 Å². The lowest BCUT2D eigenvalue weighted by molar-refractivity contribution is -0.111. The van der Waals surface area contributed by atoms with Crippen molar-refractivity contribution in [1.82, 2.24) is 0 Å². The Balaban J connectivity index is 1.76. The number of rotatable bonds is 7. The van der Waals surface area contributed by atoms with E-state index in [1.165, 1.54) is 31.7 Å². The molecule has 2 aromatic rings. The number of nitrogens with one attached hydrogen (secondary N) is 1. The highest BCUT2D eigenvalue weighted by Gasteiger charge is 2.16. The summed E-state index contributed by atoms with van der Waals surface area (Å²) in [6, 6.07) is 12.4. The minimum atomic E-state index is -3.00. The second-order valence-electron chi connectivity index (χ2n) is 6.64. The van der Waals surface area contributed by atoms with E-state index >= 15 is 0 Å². The number of benzene rings is 2. The highest BCUT2D eigenvalue weighted by atomic mass is 19.3. The van der Waals surface area contributed by atoms with Crippen LogP contribution in [0.25, 0.3) is 6.08 Å². The standard InChI is InChI=1S/C22H24F2N2O3/c1-28-19-11-7-8-16(21(19)29-22(23)24)12-13-20(27)25-17-9-3-4-10-18(17)26-14-5-2-6-15-26/h3-4,7-13,22H,2,5-6,14-15H2,1H3,(H,25,27)/b13-12+. The number of methoxy groups -OCH3 is 1. The molecule has 154 valence electrons. The largest absolute Gasteiger partial charge is 0.493 e. The minimum absolute atomic E-state index is 0.109. The van der Waals surface area contributed by atoms with E-state index in [1.54, 1.807) is 12.1 Å². The molecule has 0 radical (unpaired) electrons. The fourth-order valence-electron chi connectivity index (χ4n) is 3.37. The molecule has 1 N–H and O–H groups in total. The van der Waals surface area contributed by atoms with Crippen LogP contribution in [-0.4, -0.2) is 32.7 Å². The van der Waals surface area contributed by atoms with Crippen molar-refractivity contribution in [2.45, 2.75) is 25.9 Å². The summed E-state index contributed by atoms with van der Waals surface area (Å²) in [5, 5.41) is 2.88. The van der Waals surface area contributed by atoms with Crippen molar-refractivity contribution < 1.29 is 23.0 Å². The number of amides is 1. The van der Waals surface area contributed by atoms with Gasteiger partial charge in [0.1, 0.15) is 0 Å². The number of para-hydroxylation sites is 3. The Kier molecular flexibility index (Phi) is 7.05. The Morgan fingerprint density at radius 3 is 2.59 bits per heavy atom. The fraction of sp³-hybridized carbons (Fsp3) is 0.318. The van der Waals surface area contributed by atoms with Crippen LogP contribution in [0, 0.1) is 0 Å². The SMILES string of the molecule is COc1cccc(/C=C/C(=O)Nc2ccccc2N2CCCCC2)c1OC(F)F. The molecule has 7 heteroatoms. The van der Waals surface area contributed by atoms with Crippen LogP contribution in [0.2, 0.25) is 0 Å². The quantitative estimate of drug-likeness (QED) is 0.667. The molecule has 1 heterocycles. The summed E-state index contributed by atoms with van der Waals surface area (Å²) in [6.45, 7) is -1.08. The van der Waals surface area contributed by atoms with Crippen molar-refractivity contribution >= 4 is 23.4 Å². The zero-order valence-electron chi connectivity index (χ0n) is 16.2. The lowest BCUT2D eigenvalue weighted by Crippen LogP contribution is -2.30. The predicted molar refractivity (Wildman–Crippen MR) is 110 cm³/mol. The summed E-state index contributed by atoms with van der Waals surface area (Å²) >= 11 is 0. The molecule has 2 aromatic carbocycles. The van der Waals surface area contributed by atoms with Gasteiger partial charge in [0.2, 0.25) is 5.91 Å². The van der Waals surface area contributed by atoms with Crippen molar-refractivity contribution in [2.24, 2.45) is 0 Å². The van der Waals surface area contributed by atoms with Gasteiger partial charge in [0, 0.05) is 24.7 Å². The number of carbonyl (C=O) groups excluding carboxylic acids is 1. The molecule has 1 aliphatic rings. The van der Waals surface area contributed by atoms with Crippen LogP contribution in [0.5, 0.6) is 11.5 Å². The van der Waals surface area contributed by atoms with E-state index in [9.17, 15) is 13.6 Å². The molecule has 1 saturated heterocycles. The number of halogens is 2. The molecule has 0 aromatic heterocycles. The molecular weight excluding hydrogens is 378 g/mol. The molecule has 0 saturated carbocycles. The number of carbonyl (C=O) groups is 1. The molecule has 1 aliphatic heterocycles. The summed E-state index contributed by atoms with van der Waals surface area (Å²) in [5.74, 6) is -0.300. The van der Waals surface area contributed by atoms with Crippen LogP contribution < -0.4 is 19.7 Å². The van der Waals surface area contributed by atoms with Crippen LogP contribution in [0.4, 0.5) is 20.2 Å². The molecule has 1 amide bonds. The third-order valence-corrected chi connectivity index (χ3v) is 4.71. The summed E-state index contributed by atoms with van der Waals surface area (Å²) in [4.78, 5) is 14.7. The summed E-state index contributed by atoms with van der Waals surface area (Å²) in [7, 11) is 1.37. The number of alkyl halides is 2. The Morgan fingerprint density at radius 1 is 1.10 bits per heavy atom. The number of hydrogen-bond donors (Lipinski definition) is 1. The maximum atomic E-state index is 12.7. The minimum Gasteiger partial charge on any atom is -0.493 e. The molecule has 5 nitrogen and oxygen atoms in total. The van der Waals surface area contributed by atoms with E-state index in [0.29, 0.717) is 5.56 Å². The maximum absolute atomic E-state index is 12.7. The first-order valence-corrected chi connectivity index (χ1v) is 9.53. The van der Waals surface area contributed by atoms with Gasteiger partial charge in [0.15, 0.2) is 11.5 Å². The molecule has 0 spiro atoms. The van der Waals surface area contributed by atoms with Gasteiger partial charge in [0.25, 0.3) is 0 Å². The fourth-order valence-corrected chi connectivity index (χ4v) is 3.37. The molecule has 0 bridgehead atoms. The number of ether oxygens (including phenoxy) is 2. The number of anilines is 2. The van der Waals surface area contributed by atoms with E-state index < -0.39 is 6.61 Å². The zero-order chi connectivity index (χ0) is 20.6. The lowest BCUT2D eigenvalue weighted by Gasteiger charge is -2.30. The van der Waals surface area contributed by atoms with Crippen LogP contribution in [0.3, 0.4) is 0 Å². The van der Waals surface area contributed by atoms with Gasteiger partial charge in [-0.1, -0.05) is 24.3 Å². The Hall–Kier alpha value is -3.09. The van der Waals surface area contributed by atoms with Gasteiger partial charge in [-0.3, -0.25) is 4.79 Å². The van der Waals surface area contributed by atoms with Crippen molar-refractivity contribution in [3.8, 4) is 11.5 Å². The molecular formula is C22H24F2N2O3. The molecule has 3 rings (SSSR count). The monoisotopic (exact) mass is 402 g/mol. The van der Waals surface area contributed by atoms with Gasteiger partial charge in [-0.2, -0.15) is 8.78 Å². The van der Waals surface area contributed by atoms with Gasteiger partial charge in [-0.05, 0) is 43.5 Å². The number of piperidine rings is 1. The van der Waals surface area contributed by atoms with Gasteiger partial charge in [-0.25, -0.2) is 0 Å². The van der Waals surface area contributed by atoms with Crippen LogP contribution in [0.1, 0.15) is 24.8 Å². The Bertz CT molecular complexity index is 865. The second kappa shape index (κ2) is 9.91. The Morgan fingerprint density at radius 2 is 1.86 bits per heavy atom. The van der Waals surface area contributed by atoms with Crippen LogP contribution in [0.15, 0.2) is 48.5 Å². The average Bonchev–Trinajstić information content (AvgIpc) is 2.73. The summed E-state index contributed by atoms with van der Waals surface area (Å²) < 4.78 is 35.1. The Labute approximate surface area is 168 Å². The lowest BCUT2D eigenvalue weighted by atomic mass is 10.1. The zero-order valence-corrected chi connectivity index (χ0v) is 16.2. The molecule has 1 fully saturated rings. The van der Waals surface area contributed by atoms with E-state index in [1.807, 2.05) is 24.3 Å². The van der Waals surface area contributed by atoms with E-state index in [2.05, 4.69) is 15.0 Å². The molecule has 0 atom stereocenters. The molecule has 0 aliphatic carbocycles. The third kappa shape index (κ3) is 5.47. The normalized spacial score (nSPS) is 14.3. The van der Waals surface area contributed by atoms with Crippen molar-refractivity contribution in [3.05, 3.63) is 54.1 Å². The number of nitrogens with zero attached hydrogens (tertiary/aromatic N) is 1. The maximum Gasteiger partial charge on any atom is 0.387 e. The van der Waals surface area contributed by atoms with Gasteiger partial charge < -0.3 is 19.7 Å². The number of hydrogen-bond acceptors (Lipinski definition) is 4. The van der Waals surface area contributed by atoms with Gasteiger partial charge >= 0.3 is 6.61 Å². The first-order valence-electron chi connectivity index (χ1n) is 9.53. The highest BCUT2D eigenvalue weighted by molar-refractivity contribution is 6.04. The van der Waals surface area contributed by atoms with E-state index in [-0.39, 0.29) is 17.4 Å². The van der Waals surface area contributed by atoms with Crippen LogP contribution >= 0.6 is 0 Å². The van der Waals surface area contributed by atoms with Crippen molar-refractivity contribution in [2.75, 3.05) is 30.4 Å². The van der Waals surface area contributed by atoms with Crippen LogP contribution in [-0.2, 0) is 4.79 Å². The third-order valence-electron chi connectivity index (χ3n) is 4.71. The molecule has 29 heavy (non-hydrogen) atoms. The first kappa shape index (κ1) is 20.6. The molecule has 0 unspecified atom stereocenters. The summed E-state index contributed by atoms with van der Waals surface area (Å²) in [5.41, 5.74) is 2.03. The average molecular weight is 402 g/mol. The topological polar surface area (TPSA) is 50.8 Å². The first-order chi connectivity index (χ1) is 14.1. The smallest absolute Gasteiger partial charge is 0.387 e. The predicted octanol–water partition coefficient (Wildman–Crippen LogP) is 4.94.